The number of H-pyrrole nitrogens is 1. The van der Waals surface area contributed by atoms with Crippen LogP contribution < -0.4 is 5.69 Å². The van der Waals surface area contributed by atoms with Crippen LogP contribution in [0.4, 0.5) is 0 Å². The van der Waals surface area contributed by atoms with Crippen molar-refractivity contribution < 1.29 is 9.53 Å². The van der Waals surface area contributed by atoms with Gasteiger partial charge in [-0.3, -0.25) is 9.36 Å². The number of carbonyl (C=O) groups excluding carboxylic acids is 1. The van der Waals surface area contributed by atoms with Crippen molar-refractivity contribution in [1.29, 1.82) is 0 Å². The Morgan fingerprint density at radius 3 is 2.69 bits per heavy atom. The summed E-state index contributed by atoms with van der Waals surface area (Å²) in [7, 11) is 0. The summed E-state index contributed by atoms with van der Waals surface area (Å²) in [4.78, 5) is 24.4. The first-order valence-electron chi connectivity index (χ1n) is 8.88. The number of ketones is 1. The zero-order valence-electron chi connectivity index (χ0n) is 15.4. The molecule has 0 saturated carbocycles. The summed E-state index contributed by atoms with van der Waals surface area (Å²) in [6.45, 7) is 7.65. The molecule has 2 heterocycles. The summed E-state index contributed by atoms with van der Waals surface area (Å²) < 4.78 is 7.16. The predicted octanol–water partition coefficient (Wildman–Crippen LogP) is 3.02. The van der Waals surface area contributed by atoms with Crippen molar-refractivity contribution in [3.63, 3.8) is 0 Å². The summed E-state index contributed by atoms with van der Waals surface area (Å²) in [5.74, 6) is 0.264. The monoisotopic (exact) mass is 375 g/mol. The van der Waals surface area contributed by atoms with Gasteiger partial charge >= 0.3 is 5.69 Å². The number of hydrogen-bond acceptors (Lipinski definition) is 5. The molecule has 1 aliphatic rings. The van der Waals surface area contributed by atoms with Gasteiger partial charge < -0.3 is 4.74 Å². The van der Waals surface area contributed by atoms with Gasteiger partial charge in [0.1, 0.15) is 0 Å². The molecule has 1 atom stereocenters. The van der Waals surface area contributed by atoms with E-state index in [2.05, 4.69) is 31.0 Å². The maximum absolute atomic E-state index is 12.5. The Labute approximate surface area is 157 Å². The maximum Gasteiger partial charge on any atom is 0.344 e. The van der Waals surface area contributed by atoms with Crippen LogP contribution in [0.25, 0.3) is 0 Å². The molecule has 2 aromatic rings. The highest BCUT2D eigenvalue weighted by Crippen LogP contribution is 2.23. The lowest BCUT2D eigenvalue weighted by atomic mass is 9.86. The molecule has 1 aliphatic heterocycles. The van der Waals surface area contributed by atoms with Crippen LogP contribution >= 0.6 is 11.8 Å². The number of nitrogens with one attached hydrogen (secondary N) is 1. The van der Waals surface area contributed by atoms with Crippen LogP contribution in [-0.4, -0.2) is 39.0 Å². The van der Waals surface area contributed by atoms with E-state index >= 15 is 0 Å². The summed E-state index contributed by atoms with van der Waals surface area (Å²) in [6.07, 6.45) is 2.01. The van der Waals surface area contributed by atoms with E-state index in [4.69, 9.17) is 4.74 Å². The number of Topliss-reactive ketones (excluding diaryl/α,β-unsaturated/α-hetero) is 1. The van der Waals surface area contributed by atoms with Crippen molar-refractivity contribution in [3.8, 4) is 0 Å². The van der Waals surface area contributed by atoms with Gasteiger partial charge in [0.2, 0.25) is 0 Å². The second kappa shape index (κ2) is 7.80. The molecule has 1 N–H and O–H groups in total. The van der Waals surface area contributed by atoms with Crippen LogP contribution in [0.15, 0.2) is 34.2 Å². The van der Waals surface area contributed by atoms with Crippen LogP contribution in [-0.2, 0) is 16.7 Å². The van der Waals surface area contributed by atoms with Crippen LogP contribution in [0.3, 0.4) is 0 Å². The van der Waals surface area contributed by atoms with Crippen LogP contribution in [0.5, 0.6) is 0 Å². The Balaban J connectivity index is 1.63. The number of thioether (sulfide) groups is 1. The summed E-state index contributed by atoms with van der Waals surface area (Å²) in [5, 5.41) is 7.05. The first-order valence-corrected chi connectivity index (χ1v) is 9.86. The number of aromatic amines is 1. The highest BCUT2D eigenvalue weighted by Gasteiger charge is 2.20. The molecule has 140 valence electrons. The van der Waals surface area contributed by atoms with E-state index in [9.17, 15) is 9.59 Å². The fourth-order valence-corrected chi connectivity index (χ4v) is 3.79. The minimum absolute atomic E-state index is 0.0228. The number of carbonyl (C=O) groups is 1. The highest BCUT2D eigenvalue weighted by atomic mass is 32.2. The van der Waals surface area contributed by atoms with Gasteiger partial charge in [-0.25, -0.2) is 9.89 Å². The van der Waals surface area contributed by atoms with E-state index in [1.165, 1.54) is 17.3 Å². The first-order chi connectivity index (χ1) is 12.3. The van der Waals surface area contributed by atoms with Crippen LogP contribution in [0.1, 0.15) is 49.5 Å². The van der Waals surface area contributed by atoms with E-state index in [1.54, 1.807) is 4.57 Å². The zero-order valence-corrected chi connectivity index (χ0v) is 16.3. The first kappa shape index (κ1) is 18.9. The SMILES string of the molecule is CC(C)(C)c1ccc(C(=O)CSc2n[nH]c(=O)n2CC2CCCO2)cc1. The van der Waals surface area contributed by atoms with E-state index in [1.807, 2.05) is 24.3 Å². The zero-order chi connectivity index (χ0) is 18.7. The van der Waals surface area contributed by atoms with E-state index in [-0.39, 0.29) is 28.7 Å². The molecule has 0 spiro atoms. The number of rotatable bonds is 6. The van der Waals surface area contributed by atoms with Crippen LogP contribution in [0, 0.1) is 0 Å². The van der Waals surface area contributed by atoms with E-state index in [0.717, 1.165) is 19.4 Å². The molecule has 1 aromatic carbocycles. The molecule has 0 aliphatic carbocycles. The third kappa shape index (κ3) is 4.45. The van der Waals surface area contributed by atoms with Gasteiger partial charge in [0.05, 0.1) is 18.4 Å². The van der Waals surface area contributed by atoms with Gasteiger partial charge in [-0.2, -0.15) is 0 Å². The van der Waals surface area contributed by atoms with E-state index in [0.29, 0.717) is 17.3 Å². The van der Waals surface area contributed by atoms with Crippen molar-refractivity contribution in [2.45, 2.75) is 56.8 Å². The molecular weight excluding hydrogens is 350 g/mol. The predicted molar refractivity (Wildman–Crippen MR) is 102 cm³/mol. The molecule has 26 heavy (non-hydrogen) atoms. The fourth-order valence-electron chi connectivity index (χ4n) is 2.94. The number of hydrogen-bond donors (Lipinski definition) is 1. The molecule has 1 saturated heterocycles. The molecule has 1 unspecified atom stereocenters. The molecule has 1 aromatic heterocycles. The van der Waals surface area contributed by atoms with Crippen LogP contribution in [0.2, 0.25) is 0 Å². The molecule has 6 nitrogen and oxygen atoms in total. The average molecular weight is 375 g/mol. The fraction of sp³-hybridized carbons (Fsp3) is 0.526. The Kier molecular flexibility index (Phi) is 5.67. The molecule has 7 heteroatoms. The lowest BCUT2D eigenvalue weighted by molar-refractivity contribution is 0.0941. The minimum Gasteiger partial charge on any atom is -0.376 e. The van der Waals surface area contributed by atoms with Crippen molar-refractivity contribution in [2.75, 3.05) is 12.4 Å². The highest BCUT2D eigenvalue weighted by molar-refractivity contribution is 7.99. The topological polar surface area (TPSA) is 77.0 Å². The maximum atomic E-state index is 12.5. The van der Waals surface area contributed by atoms with Gasteiger partial charge in [-0.15, -0.1) is 5.10 Å². The van der Waals surface area contributed by atoms with Crippen molar-refractivity contribution in [3.05, 3.63) is 45.9 Å². The second-order valence-electron chi connectivity index (χ2n) is 7.60. The number of nitrogens with zero attached hydrogens (tertiary/aromatic N) is 2. The van der Waals surface area contributed by atoms with E-state index < -0.39 is 0 Å². The Morgan fingerprint density at radius 1 is 1.35 bits per heavy atom. The van der Waals surface area contributed by atoms with Gasteiger partial charge in [0.15, 0.2) is 10.9 Å². The molecule has 0 amide bonds. The number of benzene rings is 1. The van der Waals surface area contributed by atoms with Crippen molar-refractivity contribution >= 4 is 17.5 Å². The Morgan fingerprint density at radius 2 is 2.08 bits per heavy atom. The third-order valence-corrected chi connectivity index (χ3v) is 5.52. The lowest BCUT2D eigenvalue weighted by Crippen LogP contribution is -2.25. The second-order valence-corrected chi connectivity index (χ2v) is 8.54. The van der Waals surface area contributed by atoms with Gasteiger partial charge in [-0.05, 0) is 23.8 Å². The normalized spacial score (nSPS) is 17.6. The Hall–Kier alpha value is -1.86. The van der Waals surface area contributed by atoms with Crippen molar-refractivity contribution in [2.24, 2.45) is 0 Å². The summed E-state index contributed by atoms with van der Waals surface area (Å²) in [6, 6.07) is 7.74. The molecular formula is C19H25N3O3S. The molecule has 0 bridgehead atoms. The summed E-state index contributed by atoms with van der Waals surface area (Å²) >= 11 is 1.28. The number of aromatic nitrogens is 3. The smallest absolute Gasteiger partial charge is 0.344 e. The van der Waals surface area contributed by atoms with Crippen molar-refractivity contribution in [1.82, 2.24) is 14.8 Å². The molecule has 3 rings (SSSR count). The number of ether oxygens (including phenoxy) is 1. The summed E-state index contributed by atoms with van der Waals surface area (Å²) in [5.41, 5.74) is 1.67. The lowest BCUT2D eigenvalue weighted by Gasteiger charge is -2.18. The standard InChI is InChI=1S/C19H25N3O3S/c1-19(2,3)14-8-6-13(7-9-14)16(23)12-26-18-21-20-17(24)22(18)11-15-5-4-10-25-15/h6-9,15H,4-5,10-12H2,1-3H3,(H,20,24). The van der Waals surface area contributed by atoms with Gasteiger partial charge in [0, 0.05) is 12.2 Å². The van der Waals surface area contributed by atoms with Gasteiger partial charge in [-0.1, -0.05) is 56.8 Å². The quantitative estimate of drug-likeness (QED) is 0.620. The largest absolute Gasteiger partial charge is 0.376 e. The Bertz CT molecular complexity index is 812. The third-order valence-electron chi connectivity index (χ3n) is 4.54. The minimum atomic E-state index is -0.259. The average Bonchev–Trinajstić information content (AvgIpc) is 3.23. The molecule has 0 radical (unpaired) electrons. The van der Waals surface area contributed by atoms with Gasteiger partial charge in [0.25, 0.3) is 0 Å². The molecule has 1 fully saturated rings.